The minimum Gasteiger partial charge on any atom is -0.460 e. The van der Waals surface area contributed by atoms with E-state index in [1.807, 2.05) is 27.7 Å². The highest BCUT2D eigenvalue weighted by Crippen LogP contribution is 2.16. The Morgan fingerprint density at radius 2 is 1.75 bits per heavy atom. The van der Waals surface area contributed by atoms with E-state index in [1.54, 1.807) is 0 Å². The first-order valence-corrected chi connectivity index (χ1v) is 7.28. The van der Waals surface area contributed by atoms with Gasteiger partial charge in [-0.3, -0.25) is 4.79 Å². The maximum atomic E-state index is 11.6. The molecule has 0 heterocycles. The zero-order chi connectivity index (χ0) is 12.6. The Balaban J connectivity index is 3.64. The molecule has 2 nitrogen and oxygen atoms in total. The number of alkyl halides is 1. The number of carbonyl (C=O) groups is 1. The van der Waals surface area contributed by atoms with Crippen molar-refractivity contribution in [2.45, 2.75) is 65.4 Å². The predicted molar refractivity (Wildman–Crippen MR) is 71.9 cm³/mol. The van der Waals surface area contributed by atoms with Crippen LogP contribution < -0.4 is 0 Å². The summed E-state index contributed by atoms with van der Waals surface area (Å²) in [5, 5.41) is 1.08. The van der Waals surface area contributed by atoms with Gasteiger partial charge in [-0.15, -0.1) is 0 Å². The number of rotatable bonds is 7. The number of hydrogen-bond donors (Lipinski definition) is 0. The zero-order valence-electron chi connectivity index (χ0n) is 11.0. The third-order valence-electron chi connectivity index (χ3n) is 2.33. The molecule has 0 bridgehead atoms. The maximum Gasteiger partial charge on any atom is 0.309 e. The summed E-state index contributed by atoms with van der Waals surface area (Å²) in [5.41, 5.74) is -0.360. The quantitative estimate of drug-likeness (QED) is 0.397. The molecule has 0 radical (unpaired) electrons. The van der Waals surface area contributed by atoms with Gasteiger partial charge in [-0.1, -0.05) is 42.1 Å². The summed E-state index contributed by atoms with van der Waals surface area (Å²) in [6.45, 7) is 7.69. The number of halogens is 1. The van der Waals surface area contributed by atoms with Crippen LogP contribution in [0.15, 0.2) is 0 Å². The molecule has 0 aromatic carbocycles. The van der Waals surface area contributed by atoms with Gasteiger partial charge < -0.3 is 4.74 Å². The number of esters is 1. The highest BCUT2D eigenvalue weighted by atomic mass is 79.9. The van der Waals surface area contributed by atoms with Gasteiger partial charge in [0.2, 0.25) is 0 Å². The third kappa shape index (κ3) is 9.20. The van der Waals surface area contributed by atoms with Gasteiger partial charge in [0.1, 0.15) is 5.60 Å². The Kier molecular flexibility index (Phi) is 8.08. The van der Waals surface area contributed by atoms with Crippen molar-refractivity contribution in [2.24, 2.45) is 5.92 Å². The fraction of sp³-hybridized carbons (Fsp3) is 0.923. The van der Waals surface area contributed by atoms with Gasteiger partial charge in [0.25, 0.3) is 0 Å². The van der Waals surface area contributed by atoms with Crippen molar-refractivity contribution in [2.75, 3.05) is 5.33 Å². The molecule has 0 aliphatic rings. The average Bonchev–Trinajstić information content (AvgIpc) is 2.14. The van der Waals surface area contributed by atoms with Crippen molar-refractivity contribution >= 4 is 21.9 Å². The Labute approximate surface area is 108 Å². The molecular formula is C13H25BrO2. The van der Waals surface area contributed by atoms with Crippen LogP contribution in [-0.4, -0.2) is 16.9 Å². The molecule has 0 N–H and O–H groups in total. The van der Waals surface area contributed by atoms with Crippen molar-refractivity contribution in [3.63, 3.8) is 0 Å². The molecule has 0 fully saturated rings. The number of hydrogen-bond acceptors (Lipinski definition) is 2. The SMILES string of the molecule is C[C@H](CCCCCCBr)C(=O)OC(C)(C)C. The molecule has 16 heavy (non-hydrogen) atoms. The van der Waals surface area contributed by atoms with Crippen molar-refractivity contribution in [1.82, 2.24) is 0 Å². The molecule has 0 saturated carbocycles. The molecule has 0 aromatic rings. The van der Waals surface area contributed by atoms with Crippen LogP contribution in [0, 0.1) is 5.92 Å². The van der Waals surface area contributed by atoms with Crippen LogP contribution in [0.25, 0.3) is 0 Å². The van der Waals surface area contributed by atoms with E-state index in [1.165, 1.54) is 19.3 Å². The molecule has 1 atom stereocenters. The highest BCUT2D eigenvalue weighted by Gasteiger charge is 2.20. The second kappa shape index (κ2) is 8.10. The molecular weight excluding hydrogens is 268 g/mol. The van der Waals surface area contributed by atoms with Crippen molar-refractivity contribution in [3.05, 3.63) is 0 Å². The topological polar surface area (TPSA) is 26.3 Å². The Hall–Kier alpha value is -0.0500. The van der Waals surface area contributed by atoms with E-state index in [0.717, 1.165) is 18.2 Å². The summed E-state index contributed by atoms with van der Waals surface area (Å²) in [6, 6.07) is 0. The molecule has 3 heteroatoms. The van der Waals surface area contributed by atoms with Crippen molar-refractivity contribution < 1.29 is 9.53 Å². The summed E-state index contributed by atoms with van der Waals surface area (Å²) in [6.07, 6.45) is 5.73. The number of ether oxygens (including phenoxy) is 1. The first-order valence-electron chi connectivity index (χ1n) is 6.15. The lowest BCUT2D eigenvalue weighted by Crippen LogP contribution is -2.27. The summed E-state index contributed by atoms with van der Waals surface area (Å²) in [7, 11) is 0. The smallest absolute Gasteiger partial charge is 0.309 e. The molecule has 0 rings (SSSR count). The minimum absolute atomic E-state index is 0.0307. The van der Waals surface area contributed by atoms with Crippen LogP contribution in [-0.2, 0) is 9.53 Å². The van der Waals surface area contributed by atoms with Crippen LogP contribution in [0.4, 0.5) is 0 Å². The minimum atomic E-state index is -0.360. The van der Waals surface area contributed by atoms with E-state index < -0.39 is 0 Å². The van der Waals surface area contributed by atoms with Crippen LogP contribution in [0.3, 0.4) is 0 Å². The van der Waals surface area contributed by atoms with Gasteiger partial charge in [0.15, 0.2) is 0 Å². The van der Waals surface area contributed by atoms with Gasteiger partial charge in [-0.25, -0.2) is 0 Å². The summed E-state index contributed by atoms with van der Waals surface area (Å²) < 4.78 is 5.33. The van der Waals surface area contributed by atoms with Crippen LogP contribution in [0.5, 0.6) is 0 Å². The third-order valence-corrected chi connectivity index (χ3v) is 2.89. The van der Waals surface area contributed by atoms with Gasteiger partial charge in [0.05, 0.1) is 5.92 Å². The summed E-state index contributed by atoms with van der Waals surface area (Å²) in [5.74, 6) is -0.0313. The average molecular weight is 293 g/mol. The Bertz CT molecular complexity index is 197. The van der Waals surface area contributed by atoms with E-state index >= 15 is 0 Å². The molecule has 0 saturated heterocycles. The molecule has 0 unspecified atom stereocenters. The number of unbranched alkanes of at least 4 members (excludes halogenated alkanes) is 3. The second-order valence-corrected chi connectivity index (χ2v) is 6.12. The second-order valence-electron chi connectivity index (χ2n) is 5.33. The normalized spacial score (nSPS) is 13.6. The van der Waals surface area contributed by atoms with E-state index in [-0.39, 0.29) is 17.5 Å². The lowest BCUT2D eigenvalue weighted by Gasteiger charge is -2.22. The lowest BCUT2D eigenvalue weighted by molar-refractivity contribution is -0.159. The van der Waals surface area contributed by atoms with Gasteiger partial charge in [-0.05, 0) is 33.6 Å². The summed E-state index contributed by atoms with van der Waals surface area (Å²) in [4.78, 5) is 11.6. The fourth-order valence-corrected chi connectivity index (χ4v) is 1.82. The maximum absolute atomic E-state index is 11.6. The van der Waals surface area contributed by atoms with Crippen molar-refractivity contribution in [1.29, 1.82) is 0 Å². The molecule has 0 aliphatic heterocycles. The highest BCUT2D eigenvalue weighted by molar-refractivity contribution is 9.09. The van der Waals surface area contributed by atoms with Crippen molar-refractivity contribution in [3.8, 4) is 0 Å². The lowest BCUT2D eigenvalue weighted by atomic mass is 10.0. The summed E-state index contributed by atoms with van der Waals surface area (Å²) >= 11 is 3.41. The Morgan fingerprint density at radius 3 is 2.25 bits per heavy atom. The van der Waals surface area contributed by atoms with Crippen LogP contribution in [0.1, 0.15) is 59.8 Å². The number of carbonyl (C=O) groups excluding carboxylic acids is 1. The van der Waals surface area contributed by atoms with Gasteiger partial charge in [-0.2, -0.15) is 0 Å². The van der Waals surface area contributed by atoms with Crippen LogP contribution >= 0.6 is 15.9 Å². The van der Waals surface area contributed by atoms with E-state index in [0.29, 0.717) is 0 Å². The standard InChI is InChI=1S/C13H25BrO2/c1-11(9-7-5-6-8-10-14)12(15)16-13(2,3)4/h11H,5-10H2,1-4H3/t11-/m1/s1. The molecule has 0 aromatic heterocycles. The van der Waals surface area contributed by atoms with Gasteiger partial charge >= 0.3 is 5.97 Å². The molecule has 0 spiro atoms. The monoisotopic (exact) mass is 292 g/mol. The fourth-order valence-electron chi connectivity index (χ4n) is 1.42. The van der Waals surface area contributed by atoms with E-state index in [4.69, 9.17) is 4.74 Å². The zero-order valence-corrected chi connectivity index (χ0v) is 12.6. The predicted octanol–water partition coefficient (Wildman–Crippen LogP) is 4.31. The first-order chi connectivity index (χ1) is 7.37. The van der Waals surface area contributed by atoms with E-state index in [9.17, 15) is 4.79 Å². The van der Waals surface area contributed by atoms with Gasteiger partial charge in [0, 0.05) is 5.33 Å². The van der Waals surface area contributed by atoms with Crippen LogP contribution in [0.2, 0.25) is 0 Å². The molecule has 0 amide bonds. The van der Waals surface area contributed by atoms with E-state index in [2.05, 4.69) is 15.9 Å². The largest absolute Gasteiger partial charge is 0.460 e. The first kappa shape index (κ1) is 16.0. The Morgan fingerprint density at radius 1 is 1.19 bits per heavy atom. The molecule has 0 aliphatic carbocycles. The molecule has 96 valence electrons.